The number of aryl methyl sites for hydroxylation is 1. The Hall–Kier alpha value is -0.610. The van der Waals surface area contributed by atoms with Crippen LogP contribution in [0.15, 0.2) is 10.2 Å². The lowest BCUT2D eigenvalue weighted by Gasteiger charge is -2.02. The van der Waals surface area contributed by atoms with Crippen molar-refractivity contribution >= 4 is 11.3 Å². The maximum Gasteiger partial charge on any atom is 0.307 e. The van der Waals surface area contributed by atoms with Crippen molar-refractivity contribution in [1.29, 1.82) is 0 Å². The molecule has 1 rings (SSSR count). The van der Waals surface area contributed by atoms with Gasteiger partial charge in [-0.15, -0.1) is 0 Å². The minimum atomic E-state index is 0.126. The fraction of sp³-hybridized carbons (Fsp3) is 0.667. The number of unbranched alkanes of at least 4 members (excludes halogenated alkanes) is 2. The number of hydrogen-bond acceptors (Lipinski definition) is 3. The molecule has 0 aliphatic rings. The van der Waals surface area contributed by atoms with Crippen molar-refractivity contribution in [3.05, 3.63) is 20.7 Å². The number of thiazole rings is 1. The van der Waals surface area contributed by atoms with Gasteiger partial charge in [0.15, 0.2) is 0 Å². The Morgan fingerprint density at radius 1 is 1.46 bits per heavy atom. The molecule has 1 aromatic rings. The van der Waals surface area contributed by atoms with E-state index in [2.05, 4.69) is 0 Å². The summed E-state index contributed by atoms with van der Waals surface area (Å²) in [5.41, 5.74) is 1.04. The van der Waals surface area contributed by atoms with Crippen molar-refractivity contribution < 1.29 is 5.11 Å². The highest BCUT2D eigenvalue weighted by molar-refractivity contribution is 7.07. The van der Waals surface area contributed by atoms with E-state index in [4.69, 9.17) is 5.11 Å². The van der Waals surface area contributed by atoms with Crippen LogP contribution in [-0.4, -0.2) is 16.3 Å². The Morgan fingerprint density at radius 2 is 2.23 bits per heavy atom. The van der Waals surface area contributed by atoms with Gasteiger partial charge in [-0.1, -0.05) is 11.3 Å². The molecule has 0 fully saturated rings. The monoisotopic (exact) mass is 201 g/mol. The van der Waals surface area contributed by atoms with Gasteiger partial charge in [0.1, 0.15) is 0 Å². The lowest BCUT2D eigenvalue weighted by molar-refractivity contribution is 0.281. The molecule has 0 aliphatic heterocycles. The van der Waals surface area contributed by atoms with Gasteiger partial charge in [0.25, 0.3) is 0 Å². The molecule has 0 amide bonds. The van der Waals surface area contributed by atoms with Crippen molar-refractivity contribution in [3.63, 3.8) is 0 Å². The van der Waals surface area contributed by atoms with E-state index >= 15 is 0 Å². The fourth-order valence-corrected chi connectivity index (χ4v) is 1.99. The molecule has 0 spiro atoms. The molecule has 4 heteroatoms. The van der Waals surface area contributed by atoms with E-state index in [1.807, 2.05) is 12.3 Å². The van der Waals surface area contributed by atoms with Crippen LogP contribution in [0, 0.1) is 6.92 Å². The van der Waals surface area contributed by atoms with E-state index in [0.29, 0.717) is 0 Å². The number of rotatable bonds is 5. The topological polar surface area (TPSA) is 42.2 Å². The van der Waals surface area contributed by atoms with Crippen molar-refractivity contribution in [2.75, 3.05) is 6.61 Å². The summed E-state index contributed by atoms with van der Waals surface area (Å²) in [5.74, 6) is 0. The summed E-state index contributed by atoms with van der Waals surface area (Å²) < 4.78 is 1.79. The van der Waals surface area contributed by atoms with Gasteiger partial charge < -0.3 is 9.67 Å². The standard InChI is InChI=1S/C9H15NO2S/c1-8-7-13-9(12)10(8)5-3-2-4-6-11/h7,11H,2-6H2,1H3. The zero-order valence-corrected chi connectivity index (χ0v) is 8.64. The number of hydrogen-bond donors (Lipinski definition) is 1. The first-order valence-corrected chi connectivity index (χ1v) is 5.39. The average molecular weight is 201 g/mol. The summed E-state index contributed by atoms with van der Waals surface area (Å²) in [7, 11) is 0. The zero-order chi connectivity index (χ0) is 9.68. The van der Waals surface area contributed by atoms with Crippen molar-refractivity contribution in [2.24, 2.45) is 0 Å². The minimum Gasteiger partial charge on any atom is -0.396 e. The Bertz CT molecular complexity index is 303. The maximum atomic E-state index is 11.2. The smallest absolute Gasteiger partial charge is 0.307 e. The minimum absolute atomic E-state index is 0.126. The highest BCUT2D eigenvalue weighted by Crippen LogP contribution is 2.03. The first kappa shape index (κ1) is 10.5. The SMILES string of the molecule is Cc1csc(=O)n1CCCCCO. The summed E-state index contributed by atoms with van der Waals surface area (Å²) in [4.78, 5) is 11.4. The molecule has 0 aromatic carbocycles. The van der Waals surface area contributed by atoms with E-state index in [1.54, 1.807) is 4.57 Å². The molecule has 3 nitrogen and oxygen atoms in total. The van der Waals surface area contributed by atoms with Gasteiger partial charge >= 0.3 is 4.87 Å². The third-order valence-corrected chi connectivity index (χ3v) is 2.90. The molecule has 0 saturated heterocycles. The molecule has 0 aliphatic carbocycles. The number of aliphatic hydroxyl groups excluding tert-OH is 1. The van der Waals surface area contributed by atoms with Crippen LogP contribution < -0.4 is 4.87 Å². The molecule has 0 radical (unpaired) electrons. The normalized spacial score (nSPS) is 10.6. The third-order valence-electron chi connectivity index (χ3n) is 2.02. The number of nitrogens with zero attached hydrogens (tertiary/aromatic N) is 1. The summed E-state index contributed by atoms with van der Waals surface area (Å²) in [6, 6.07) is 0. The Morgan fingerprint density at radius 3 is 2.77 bits per heavy atom. The maximum absolute atomic E-state index is 11.2. The van der Waals surface area contributed by atoms with Crippen LogP contribution in [0.4, 0.5) is 0 Å². The predicted octanol–water partition coefficient (Wildman–Crippen LogP) is 1.38. The van der Waals surface area contributed by atoms with Crippen LogP contribution >= 0.6 is 11.3 Å². The van der Waals surface area contributed by atoms with Crippen LogP contribution in [0.5, 0.6) is 0 Å². The Labute approximate surface area is 81.6 Å². The fourth-order valence-electron chi connectivity index (χ4n) is 1.23. The van der Waals surface area contributed by atoms with Crippen LogP contribution in [0.3, 0.4) is 0 Å². The zero-order valence-electron chi connectivity index (χ0n) is 7.82. The molecule has 0 unspecified atom stereocenters. The van der Waals surface area contributed by atoms with Gasteiger partial charge in [-0.3, -0.25) is 4.79 Å². The van der Waals surface area contributed by atoms with E-state index in [1.165, 1.54) is 11.3 Å². The quantitative estimate of drug-likeness (QED) is 0.731. The Kier molecular flexibility index (Phi) is 4.18. The Balaban J connectivity index is 2.40. The van der Waals surface area contributed by atoms with Gasteiger partial charge in [-0.2, -0.15) is 0 Å². The summed E-state index contributed by atoms with van der Waals surface area (Å²) in [5, 5.41) is 10.4. The van der Waals surface area contributed by atoms with Crippen LogP contribution in [0.25, 0.3) is 0 Å². The number of aliphatic hydroxyl groups is 1. The first-order chi connectivity index (χ1) is 6.25. The molecule has 1 N–H and O–H groups in total. The highest BCUT2D eigenvalue weighted by atomic mass is 32.1. The van der Waals surface area contributed by atoms with E-state index in [-0.39, 0.29) is 11.5 Å². The van der Waals surface area contributed by atoms with Crippen LogP contribution in [-0.2, 0) is 6.54 Å². The van der Waals surface area contributed by atoms with Gasteiger partial charge in [0.2, 0.25) is 0 Å². The van der Waals surface area contributed by atoms with E-state index in [0.717, 1.165) is 31.5 Å². The lowest BCUT2D eigenvalue weighted by Crippen LogP contribution is -2.14. The molecular weight excluding hydrogens is 186 g/mol. The summed E-state index contributed by atoms with van der Waals surface area (Å²) in [6.45, 7) is 2.98. The van der Waals surface area contributed by atoms with Gasteiger partial charge in [-0.25, -0.2) is 0 Å². The van der Waals surface area contributed by atoms with Crippen molar-refractivity contribution in [3.8, 4) is 0 Å². The highest BCUT2D eigenvalue weighted by Gasteiger charge is 2.00. The third kappa shape index (κ3) is 2.97. The lowest BCUT2D eigenvalue weighted by atomic mass is 10.2. The average Bonchev–Trinajstić information content (AvgIpc) is 2.42. The van der Waals surface area contributed by atoms with Gasteiger partial charge in [0.05, 0.1) is 0 Å². The number of aromatic nitrogens is 1. The first-order valence-electron chi connectivity index (χ1n) is 4.51. The second-order valence-corrected chi connectivity index (χ2v) is 3.90. The summed E-state index contributed by atoms with van der Waals surface area (Å²) >= 11 is 1.25. The largest absolute Gasteiger partial charge is 0.396 e. The molecule has 0 bridgehead atoms. The molecule has 1 heterocycles. The van der Waals surface area contributed by atoms with Crippen molar-refractivity contribution in [1.82, 2.24) is 4.57 Å². The second kappa shape index (κ2) is 5.19. The van der Waals surface area contributed by atoms with Crippen LogP contribution in [0.1, 0.15) is 25.0 Å². The van der Waals surface area contributed by atoms with Gasteiger partial charge in [-0.05, 0) is 26.2 Å². The van der Waals surface area contributed by atoms with Gasteiger partial charge in [0, 0.05) is 24.2 Å². The summed E-state index contributed by atoms with van der Waals surface area (Å²) in [6.07, 6.45) is 2.79. The molecule has 1 aromatic heterocycles. The van der Waals surface area contributed by atoms with E-state index < -0.39 is 0 Å². The molecular formula is C9H15NO2S. The van der Waals surface area contributed by atoms with Crippen molar-refractivity contribution in [2.45, 2.75) is 32.7 Å². The second-order valence-electron chi connectivity index (χ2n) is 3.08. The predicted molar refractivity (Wildman–Crippen MR) is 54.3 cm³/mol. The molecule has 0 saturated carbocycles. The van der Waals surface area contributed by atoms with Crippen LogP contribution in [0.2, 0.25) is 0 Å². The van der Waals surface area contributed by atoms with E-state index in [9.17, 15) is 4.79 Å². The molecule has 74 valence electrons. The molecule has 13 heavy (non-hydrogen) atoms. The molecule has 0 atom stereocenters.